The molecular formula is C16H25ClN6O. The average molecular weight is 353 g/mol. The Labute approximate surface area is 147 Å². The Balaban J connectivity index is 1.81. The fraction of sp³-hybridized carbons (Fsp3) is 0.562. The van der Waals surface area contributed by atoms with Crippen LogP contribution in [0.25, 0.3) is 0 Å². The molecule has 24 heavy (non-hydrogen) atoms. The van der Waals surface area contributed by atoms with E-state index in [1.165, 1.54) is 0 Å². The number of aromatic nitrogens is 1. The number of nitrogens with zero attached hydrogens (tertiary/aromatic N) is 3. The molecular weight excluding hydrogens is 328 g/mol. The van der Waals surface area contributed by atoms with E-state index in [2.05, 4.69) is 30.8 Å². The zero-order chi connectivity index (χ0) is 17.4. The summed E-state index contributed by atoms with van der Waals surface area (Å²) in [7, 11) is 1.70. The quantitative estimate of drug-likeness (QED) is 0.526. The molecule has 0 aromatic carbocycles. The fourth-order valence-corrected chi connectivity index (χ4v) is 2.80. The summed E-state index contributed by atoms with van der Waals surface area (Å²) >= 11 is 6.21. The lowest BCUT2D eigenvalue weighted by atomic mass is 10.3. The lowest BCUT2D eigenvalue weighted by Crippen LogP contribution is -2.47. The van der Waals surface area contributed by atoms with Crippen LogP contribution in [0.15, 0.2) is 23.3 Å². The van der Waals surface area contributed by atoms with E-state index in [1.807, 2.05) is 19.1 Å². The average Bonchev–Trinajstić information content (AvgIpc) is 3.05. The molecule has 1 aliphatic heterocycles. The van der Waals surface area contributed by atoms with Crippen LogP contribution < -0.4 is 20.9 Å². The highest BCUT2D eigenvalue weighted by Crippen LogP contribution is 2.25. The largest absolute Gasteiger partial charge is 0.355 e. The number of hydrogen-bond donors (Lipinski definition) is 3. The van der Waals surface area contributed by atoms with Gasteiger partial charge >= 0.3 is 0 Å². The zero-order valence-corrected chi connectivity index (χ0v) is 14.9. The number of pyridine rings is 1. The van der Waals surface area contributed by atoms with Crippen molar-refractivity contribution in [3.05, 3.63) is 23.4 Å². The Morgan fingerprint density at radius 3 is 3.04 bits per heavy atom. The summed E-state index contributed by atoms with van der Waals surface area (Å²) in [6.07, 6.45) is 3.62. The molecule has 0 saturated carbocycles. The fourth-order valence-electron chi connectivity index (χ4n) is 2.56. The number of carbonyl (C=O) groups is 1. The first kappa shape index (κ1) is 18.3. The van der Waals surface area contributed by atoms with E-state index in [4.69, 9.17) is 11.6 Å². The molecule has 1 saturated heterocycles. The van der Waals surface area contributed by atoms with Gasteiger partial charge in [0.25, 0.3) is 0 Å². The van der Waals surface area contributed by atoms with E-state index in [9.17, 15) is 4.79 Å². The van der Waals surface area contributed by atoms with Gasteiger partial charge in [-0.3, -0.25) is 9.79 Å². The van der Waals surface area contributed by atoms with Gasteiger partial charge < -0.3 is 20.9 Å². The number of carbonyl (C=O) groups excluding carboxylic acids is 1. The second kappa shape index (κ2) is 9.32. The van der Waals surface area contributed by atoms with E-state index < -0.39 is 0 Å². The summed E-state index contributed by atoms with van der Waals surface area (Å²) in [4.78, 5) is 22.3. The lowest BCUT2D eigenvalue weighted by Gasteiger charge is -2.20. The van der Waals surface area contributed by atoms with Gasteiger partial charge in [-0.05, 0) is 25.0 Å². The second-order valence-corrected chi connectivity index (χ2v) is 6.07. The molecule has 0 aliphatic carbocycles. The minimum absolute atomic E-state index is 0.0342. The van der Waals surface area contributed by atoms with Crippen LogP contribution in [0.3, 0.4) is 0 Å². The summed E-state index contributed by atoms with van der Waals surface area (Å²) in [5.74, 6) is 1.40. The first-order chi connectivity index (χ1) is 11.6. The Morgan fingerprint density at radius 1 is 1.50 bits per heavy atom. The maximum absolute atomic E-state index is 11.6. The van der Waals surface area contributed by atoms with Gasteiger partial charge in [-0.2, -0.15) is 0 Å². The maximum Gasteiger partial charge on any atom is 0.239 e. The highest BCUT2D eigenvalue weighted by molar-refractivity contribution is 6.32. The Morgan fingerprint density at radius 2 is 2.33 bits per heavy atom. The molecule has 1 aliphatic rings. The van der Waals surface area contributed by atoms with E-state index in [1.54, 1.807) is 13.2 Å². The van der Waals surface area contributed by atoms with Gasteiger partial charge in [0.1, 0.15) is 5.82 Å². The van der Waals surface area contributed by atoms with Gasteiger partial charge in [-0.15, -0.1) is 0 Å². The third-order valence-corrected chi connectivity index (χ3v) is 4.07. The molecule has 1 atom stereocenters. The van der Waals surface area contributed by atoms with E-state index in [0.717, 1.165) is 31.7 Å². The van der Waals surface area contributed by atoms with Crippen LogP contribution in [0, 0.1) is 0 Å². The van der Waals surface area contributed by atoms with Crippen LogP contribution in [-0.4, -0.2) is 56.1 Å². The van der Waals surface area contributed by atoms with E-state index >= 15 is 0 Å². The minimum Gasteiger partial charge on any atom is -0.355 e. The molecule has 1 aromatic heterocycles. The number of hydrogen-bond acceptors (Lipinski definition) is 4. The SMILES string of the molecule is CCCNC(=O)CNC(=NC)NC1CCN(c2ncccc2Cl)C1. The molecule has 7 nitrogen and oxygen atoms in total. The topological polar surface area (TPSA) is 81.6 Å². The number of amides is 1. The Kier molecular flexibility index (Phi) is 7.11. The molecule has 1 unspecified atom stereocenters. The summed E-state index contributed by atoms with van der Waals surface area (Å²) in [5, 5.41) is 9.87. The van der Waals surface area contributed by atoms with Crippen LogP contribution in [0.5, 0.6) is 0 Å². The zero-order valence-electron chi connectivity index (χ0n) is 14.2. The van der Waals surface area contributed by atoms with Gasteiger partial charge in [-0.25, -0.2) is 4.98 Å². The second-order valence-electron chi connectivity index (χ2n) is 5.66. The number of guanidine groups is 1. The molecule has 8 heteroatoms. The molecule has 2 heterocycles. The van der Waals surface area contributed by atoms with Gasteiger partial charge in [0.15, 0.2) is 5.96 Å². The van der Waals surface area contributed by atoms with Crippen LogP contribution in [0.1, 0.15) is 19.8 Å². The monoisotopic (exact) mass is 352 g/mol. The normalized spacial score (nSPS) is 17.7. The van der Waals surface area contributed by atoms with Crippen molar-refractivity contribution < 1.29 is 4.79 Å². The molecule has 0 radical (unpaired) electrons. The summed E-state index contributed by atoms with van der Waals surface area (Å²) in [6.45, 7) is 4.59. The molecule has 1 amide bonds. The molecule has 3 N–H and O–H groups in total. The maximum atomic E-state index is 11.6. The van der Waals surface area contributed by atoms with Crippen molar-refractivity contribution in [3.8, 4) is 0 Å². The van der Waals surface area contributed by atoms with E-state index in [0.29, 0.717) is 17.5 Å². The predicted octanol–water partition coefficient (Wildman–Crippen LogP) is 1.00. The van der Waals surface area contributed by atoms with Crippen LogP contribution in [-0.2, 0) is 4.79 Å². The lowest BCUT2D eigenvalue weighted by molar-refractivity contribution is -0.120. The number of aliphatic imine (C=N–C) groups is 1. The smallest absolute Gasteiger partial charge is 0.239 e. The van der Waals surface area contributed by atoms with Crippen LogP contribution >= 0.6 is 11.6 Å². The molecule has 0 bridgehead atoms. The number of halogens is 1. The van der Waals surface area contributed by atoms with Crippen molar-refractivity contribution in [2.24, 2.45) is 4.99 Å². The number of nitrogens with one attached hydrogen (secondary N) is 3. The summed E-state index contributed by atoms with van der Waals surface area (Å²) in [5.41, 5.74) is 0. The van der Waals surface area contributed by atoms with Crippen molar-refractivity contribution >= 4 is 29.3 Å². The van der Waals surface area contributed by atoms with Crippen molar-refractivity contribution in [1.82, 2.24) is 20.9 Å². The third-order valence-electron chi connectivity index (χ3n) is 3.78. The molecule has 1 fully saturated rings. The summed E-state index contributed by atoms with van der Waals surface area (Å²) in [6, 6.07) is 3.90. The Bertz CT molecular complexity index is 579. The van der Waals surface area contributed by atoms with Crippen molar-refractivity contribution in [1.29, 1.82) is 0 Å². The van der Waals surface area contributed by atoms with Gasteiger partial charge in [0.05, 0.1) is 11.6 Å². The van der Waals surface area contributed by atoms with E-state index in [-0.39, 0.29) is 18.5 Å². The highest BCUT2D eigenvalue weighted by Gasteiger charge is 2.25. The van der Waals surface area contributed by atoms with Crippen LogP contribution in [0.4, 0.5) is 5.82 Å². The van der Waals surface area contributed by atoms with Crippen molar-refractivity contribution in [2.75, 3.05) is 38.1 Å². The standard InChI is InChI=1S/C16H25ClN6O/c1-3-7-19-14(24)10-21-16(18-2)22-12-6-9-23(11-12)15-13(17)5-4-8-20-15/h4-5,8,12H,3,6-7,9-11H2,1-2H3,(H,19,24)(H2,18,21,22). The van der Waals surface area contributed by atoms with Crippen molar-refractivity contribution in [3.63, 3.8) is 0 Å². The highest BCUT2D eigenvalue weighted by atomic mass is 35.5. The van der Waals surface area contributed by atoms with Gasteiger partial charge in [0, 0.05) is 38.9 Å². The Hall–Kier alpha value is -2.02. The van der Waals surface area contributed by atoms with Crippen molar-refractivity contribution in [2.45, 2.75) is 25.8 Å². The predicted molar refractivity (Wildman–Crippen MR) is 97.7 cm³/mol. The van der Waals surface area contributed by atoms with Crippen LogP contribution in [0.2, 0.25) is 5.02 Å². The van der Waals surface area contributed by atoms with Gasteiger partial charge in [-0.1, -0.05) is 18.5 Å². The number of anilines is 1. The summed E-state index contributed by atoms with van der Waals surface area (Å²) < 4.78 is 0. The molecule has 2 rings (SSSR count). The first-order valence-electron chi connectivity index (χ1n) is 8.23. The number of rotatable bonds is 6. The molecule has 1 aromatic rings. The first-order valence-corrected chi connectivity index (χ1v) is 8.61. The molecule has 0 spiro atoms. The third kappa shape index (κ3) is 5.26. The molecule has 132 valence electrons. The van der Waals surface area contributed by atoms with Gasteiger partial charge in [0.2, 0.25) is 5.91 Å². The minimum atomic E-state index is -0.0342.